The lowest BCUT2D eigenvalue weighted by Crippen LogP contribution is -2.03. The van der Waals surface area contributed by atoms with E-state index in [1.165, 1.54) is 39.0 Å². The van der Waals surface area contributed by atoms with Crippen molar-refractivity contribution in [3.8, 4) is 11.1 Å². The number of rotatable bonds is 12. The van der Waals surface area contributed by atoms with Crippen molar-refractivity contribution in [2.45, 2.75) is 31.6 Å². The minimum absolute atomic E-state index is 0.457. The lowest BCUT2D eigenvalue weighted by molar-refractivity contribution is 0.844. The first-order chi connectivity index (χ1) is 17.2. The number of fused-ring (bicyclic) bond motifs is 3. The molecule has 0 spiro atoms. The molecule has 2 aliphatic carbocycles. The van der Waals surface area contributed by atoms with Gasteiger partial charge < -0.3 is 5.32 Å². The Balaban J connectivity index is 1.36. The quantitative estimate of drug-likeness (QED) is 0.147. The van der Waals surface area contributed by atoms with Crippen molar-refractivity contribution < 1.29 is 0 Å². The highest BCUT2D eigenvalue weighted by molar-refractivity contribution is 5.86. The topological polar surface area (TPSA) is 24.4 Å². The van der Waals surface area contributed by atoms with Crippen LogP contribution in [-0.4, -0.2) is 12.8 Å². The first kappa shape index (κ1) is 24.2. The summed E-state index contributed by atoms with van der Waals surface area (Å²) in [4.78, 5) is 4.32. The predicted octanol–water partition coefficient (Wildman–Crippen LogP) is 8.39. The number of benzene rings is 2. The summed E-state index contributed by atoms with van der Waals surface area (Å²) in [7, 11) is 0. The minimum Gasteiger partial charge on any atom is -0.387 e. The largest absolute Gasteiger partial charge is 0.387 e. The monoisotopic (exact) mass is 458 g/mol. The van der Waals surface area contributed by atoms with Crippen molar-refractivity contribution in [2.75, 3.05) is 6.54 Å². The lowest BCUT2D eigenvalue weighted by Gasteiger charge is -2.18. The van der Waals surface area contributed by atoms with Crippen LogP contribution in [0.3, 0.4) is 0 Å². The minimum atomic E-state index is 0.457. The molecule has 2 aromatic carbocycles. The molecule has 2 aromatic rings. The van der Waals surface area contributed by atoms with Crippen LogP contribution >= 0.6 is 0 Å². The van der Waals surface area contributed by atoms with Gasteiger partial charge in [0.05, 0.1) is 0 Å². The number of aliphatic imine (C=N–C) groups is 1. The van der Waals surface area contributed by atoms with E-state index in [2.05, 4.69) is 90.7 Å². The van der Waals surface area contributed by atoms with Gasteiger partial charge in [0.15, 0.2) is 0 Å². The van der Waals surface area contributed by atoms with Gasteiger partial charge in [-0.05, 0) is 82.6 Å². The van der Waals surface area contributed by atoms with Gasteiger partial charge in [0.2, 0.25) is 0 Å². The van der Waals surface area contributed by atoms with Crippen molar-refractivity contribution in [3.63, 3.8) is 0 Å². The second-order valence-corrected chi connectivity index (χ2v) is 8.90. The van der Waals surface area contributed by atoms with E-state index in [-0.39, 0.29) is 0 Å². The van der Waals surface area contributed by atoms with Crippen LogP contribution in [0.15, 0.2) is 116 Å². The Kier molecular flexibility index (Phi) is 8.30. The van der Waals surface area contributed by atoms with Crippen LogP contribution in [0, 0.1) is 0 Å². The van der Waals surface area contributed by atoms with Crippen LogP contribution in [-0.2, 0) is 0 Å². The summed E-state index contributed by atoms with van der Waals surface area (Å²) in [5, 5.41) is 3.32. The third-order valence-corrected chi connectivity index (χ3v) is 6.50. The first-order valence-corrected chi connectivity index (χ1v) is 12.3. The molecule has 0 saturated heterocycles. The molecule has 1 atom stereocenters. The van der Waals surface area contributed by atoms with Gasteiger partial charge in [-0.2, -0.15) is 0 Å². The van der Waals surface area contributed by atoms with Gasteiger partial charge in [0.25, 0.3) is 0 Å². The number of allylic oxidation sites excluding steroid dienone is 7. The number of nitrogens with one attached hydrogen (secondary N) is 1. The van der Waals surface area contributed by atoms with Gasteiger partial charge in [0.1, 0.15) is 0 Å². The number of hydrogen-bond donors (Lipinski definition) is 1. The molecule has 0 aromatic heterocycles. The Morgan fingerprint density at radius 3 is 2.91 bits per heavy atom. The Bertz CT molecular complexity index is 1250. The maximum absolute atomic E-state index is 4.32. The third kappa shape index (κ3) is 5.78. The SMILES string of the molecule is C=C/C=C(\C=C\NC/C=C\N=CCC(=C)CCC=C)c1ccc2c(c1)C1CC=Cc3cccc-2c31. The maximum atomic E-state index is 4.32. The summed E-state index contributed by atoms with van der Waals surface area (Å²) in [6.45, 7) is 12.4. The lowest BCUT2D eigenvalue weighted by atomic mass is 9.85. The van der Waals surface area contributed by atoms with E-state index in [9.17, 15) is 0 Å². The molecule has 176 valence electrons. The standard InChI is InChI=1S/C33H34N2/c1-4-6-11-25(3)18-22-34-20-9-21-35-23-19-26(10-5-2)28-16-17-29-30-14-7-12-27-13-8-15-31(33(27)30)32(29)24-28/h4-5,7-10,12-14,16-17,19-20,22-24,31,35H,1-3,6,11,15,18,21H2/b20-9-,23-19+,26-10+,34-22?. The van der Waals surface area contributed by atoms with E-state index in [4.69, 9.17) is 0 Å². The summed E-state index contributed by atoms with van der Waals surface area (Å²) in [5.41, 5.74) is 10.6. The van der Waals surface area contributed by atoms with E-state index in [1.807, 2.05) is 36.8 Å². The van der Waals surface area contributed by atoms with Crippen LogP contribution in [0.4, 0.5) is 0 Å². The van der Waals surface area contributed by atoms with Crippen LogP contribution < -0.4 is 5.32 Å². The summed E-state index contributed by atoms with van der Waals surface area (Å²) in [5.74, 6) is 0.457. The molecule has 1 N–H and O–H groups in total. The van der Waals surface area contributed by atoms with Gasteiger partial charge >= 0.3 is 0 Å². The normalized spacial score (nSPS) is 16.1. The fraction of sp³-hybridized carbons (Fsp3) is 0.182. The molecule has 1 unspecified atom stereocenters. The van der Waals surface area contributed by atoms with Crippen molar-refractivity contribution in [1.29, 1.82) is 0 Å². The molecular formula is C33H34N2. The summed E-state index contributed by atoms with van der Waals surface area (Å²) in [6.07, 6.45) is 24.1. The zero-order chi connectivity index (χ0) is 24.5. The highest BCUT2D eigenvalue weighted by atomic mass is 14.8. The Morgan fingerprint density at radius 1 is 1.14 bits per heavy atom. The smallest absolute Gasteiger partial charge is 0.0343 e. The molecule has 2 nitrogen and oxygen atoms in total. The Labute approximate surface area is 210 Å². The highest BCUT2D eigenvalue weighted by Crippen LogP contribution is 2.50. The Morgan fingerprint density at radius 2 is 2.06 bits per heavy atom. The second-order valence-electron chi connectivity index (χ2n) is 8.90. The zero-order valence-corrected chi connectivity index (χ0v) is 20.4. The van der Waals surface area contributed by atoms with Crippen LogP contribution in [0.5, 0.6) is 0 Å². The van der Waals surface area contributed by atoms with Gasteiger partial charge in [-0.1, -0.05) is 79.4 Å². The molecule has 35 heavy (non-hydrogen) atoms. The third-order valence-electron chi connectivity index (χ3n) is 6.50. The molecule has 0 saturated carbocycles. The van der Waals surface area contributed by atoms with Crippen molar-refractivity contribution in [1.82, 2.24) is 5.32 Å². The fourth-order valence-corrected chi connectivity index (χ4v) is 4.78. The summed E-state index contributed by atoms with van der Waals surface area (Å²) < 4.78 is 0. The molecule has 0 radical (unpaired) electrons. The van der Waals surface area contributed by atoms with Gasteiger partial charge in [-0.25, -0.2) is 0 Å². The summed E-state index contributed by atoms with van der Waals surface area (Å²) in [6, 6.07) is 13.5. The van der Waals surface area contributed by atoms with Gasteiger partial charge in [-0.15, -0.1) is 6.58 Å². The van der Waals surface area contributed by atoms with Crippen molar-refractivity contribution in [2.24, 2.45) is 4.99 Å². The molecule has 0 aliphatic heterocycles. The molecule has 4 rings (SSSR count). The van der Waals surface area contributed by atoms with Gasteiger partial charge in [-0.3, -0.25) is 4.99 Å². The first-order valence-electron chi connectivity index (χ1n) is 12.3. The van der Waals surface area contributed by atoms with E-state index in [0.717, 1.165) is 31.3 Å². The maximum Gasteiger partial charge on any atom is 0.0343 e. The van der Waals surface area contributed by atoms with E-state index in [0.29, 0.717) is 12.5 Å². The summed E-state index contributed by atoms with van der Waals surface area (Å²) >= 11 is 0. The molecule has 0 fully saturated rings. The van der Waals surface area contributed by atoms with Crippen LogP contribution in [0.25, 0.3) is 22.8 Å². The average molecular weight is 459 g/mol. The van der Waals surface area contributed by atoms with Crippen molar-refractivity contribution >= 4 is 17.9 Å². The molecule has 0 bridgehead atoms. The molecule has 2 aliphatic rings. The van der Waals surface area contributed by atoms with Crippen LogP contribution in [0.1, 0.15) is 53.9 Å². The fourth-order valence-electron chi connectivity index (χ4n) is 4.78. The second kappa shape index (κ2) is 12.0. The van der Waals surface area contributed by atoms with E-state index < -0.39 is 0 Å². The molecule has 2 heteroatoms. The predicted molar refractivity (Wildman–Crippen MR) is 154 cm³/mol. The van der Waals surface area contributed by atoms with E-state index in [1.54, 1.807) is 0 Å². The average Bonchev–Trinajstić information content (AvgIpc) is 3.21. The van der Waals surface area contributed by atoms with Crippen LogP contribution in [0.2, 0.25) is 0 Å². The molecular weight excluding hydrogens is 424 g/mol. The number of hydrogen-bond acceptors (Lipinski definition) is 2. The number of nitrogens with zero attached hydrogens (tertiary/aromatic N) is 1. The highest BCUT2D eigenvalue weighted by Gasteiger charge is 2.31. The van der Waals surface area contributed by atoms with E-state index >= 15 is 0 Å². The van der Waals surface area contributed by atoms with Gasteiger partial charge in [0, 0.05) is 31.3 Å². The Hall–Kier alpha value is -3.91. The molecule has 0 amide bonds. The van der Waals surface area contributed by atoms with Crippen molar-refractivity contribution in [3.05, 3.63) is 133 Å². The zero-order valence-electron chi connectivity index (χ0n) is 20.4. The molecule has 0 heterocycles.